The molecule has 2 unspecified atom stereocenters. The normalized spacial score (nSPS) is 21.0. The number of nitrogens with zero attached hydrogens (tertiary/aromatic N) is 4. The molecule has 2 fully saturated rings. The van der Waals surface area contributed by atoms with E-state index in [9.17, 15) is 9.59 Å². The van der Waals surface area contributed by atoms with Gasteiger partial charge in [0.15, 0.2) is 0 Å². The molecule has 2 aliphatic rings. The van der Waals surface area contributed by atoms with Gasteiger partial charge in [-0.3, -0.25) is 9.59 Å². The van der Waals surface area contributed by atoms with Crippen LogP contribution in [-0.4, -0.2) is 52.9 Å². The second-order valence-corrected chi connectivity index (χ2v) is 8.90. The van der Waals surface area contributed by atoms with Crippen molar-refractivity contribution in [2.45, 2.75) is 13.3 Å². The van der Waals surface area contributed by atoms with Crippen molar-refractivity contribution in [3.63, 3.8) is 0 Å². The first kappa shape index (κ1) is 19.0. The minimum absolute atomic E-state index is 0.0201. The zero-order valence-electron chi connectivity index (χ0n) is 16.7. The number of carbonyl (C=O) groups is 2. The number of hydrogen-bond acceptors (Lipinski definition) is 6. The molecule has 1 aliphatic carbocycles. The minimum Gasteiger partial charge on any atom is -0.352 e. The van der Waals surface area contributed by atoms with Crippen LogP contribution in [0.25, 0.3) is 10.2 Å². The number of carbonyl (C=O) groups excluding carboxylic acids is 2. The lowest BCUT2D eigenvalue weighted by molar-refractivity contribution is -0.117. The molecule has 1 aliphatic heterocycles. The Morgan fingerprint density at radius 3 is 2.50 bits per heavy atom. The Balaban J connectivity index is 1.20. The second kappa shape index (κ2) is 7.68. The standard InChI is InChI=1S/C22H23N5O2S/c1-14-12-18(14)20(28)25-16-4-2-15(3-5-16)22(29)27-9-7-26(8-10-27)19-17-6-11-30-21(17)24-13-23-19/h2-6,11,13-14,18H,7-10,12H2,1H3,(H,25,28). The van der Waals surface area contributed by atoms with Crippen molar-refractivity contribution in [2.75, 3.05) is 36.4 Å². The van der Waals surface area contributed by atoms with E-state index in [2.05, 4.69) is 33.2 Å². The molecule has 3 heterocycles. The van der Waals surface area contributed by atoms with Gasteiger partial charge in [0.05, 0.1) is 5.39 Å². The van der Waals surface area contributed by atoms with Crippen molar-refractivity contribution >= 4 is 44.9 Å². The monoisotopic (exact) mass is 421 g/mol. The molecule has 0 spiro atoms. The Hall–Kier alpha value is -3.00. The molecule has 1 aromatic carbocycles. The number of piperazine rings is 1. The smallest absolute Gasteiger partial charge is 0.253 e. The van der Waals surface area contributed by atoms with Gasteiger partial charge in [0.25, 0.3) is 5.91 Å². The van der Waals surface area contributed by atoms with Gasteiger partial charge in [-0.1, -0.05) is 6.92 Å². The molecule has 3 aromatic rings. The molecule has 8 heteroatoms. The van der Waals surface area contributed by atoms with E-state index >= 15 is 0 Å². The van der Waals surface area contributed by atoms with Gasteiger partial charge in [-0.25, -0.2) is 9.97 Å². The summed E-state index contributed by atoms with van der Waals surface area (Å²) in [6.07, 6.45) is 2.57. The summed E-state index contributed by atoms with van der Waals surface area (Å²) >= 11 is 1.61. The Bertz CT molecular complexity index is 1090. The van der Waals surface area contributed by atoms with E-state index in [4.69, 9.17) is 0 Å². The van der Waals surface area contributed by atoms with Crippen LogP contribution < -0.4 is 10.2 Å². The number of thiophene rings is 1. The van der Waals surface area contributed by atoms with E-state index in [1.807, 2.05) is 22.4 Å². The number of hydrogen-bond donors (Lipinski definition) is 1. The van der Waals surface area contributed by atoms with Crippen LogP contribution in [-0.2, 0) is 4.79 Å². The third-order valence-corrected chi connectivity index (χ3v) is 6.77. The van der Waals surface area contributed by atoms with E-state index < -0.39 is 0 Å². The van der Waals surface area contributed by atoms with Crippen molar-refractivity contribution in [2.24, 2.45) is 11.8 Å². The first-order chi connectivity index (χ1) is 14.6. The highest BCUT2D eigenvalue weighted by atomic mass is 32.1. The maximum absolute atomic E-state index is 12.9. The molecule has 0 radical (unpaired) electrons. The second-order valence-electron chi connectivity index (χ2n) is 8.00. The van der Waals surface area contributed by atoms with Crippen LogP contribution in [0.1, 0.15) is 23.7 Å². The van der Waals surface area contributed by atoms with Crippen LogP contribution in [0, 0.1) is 11.8 Å². The van der Waals surface area contributed by atoms with Crippen molar-refractivity contribution in [1.29, 1.82) is 0 Å². The van der Waals surface area contributed by atoms with Crippen molar-refractivity contribution in [3.05, 3.63) is 47.6 Å². The highest BCUT2D eigenvalue weighted by Gasteiger charge is 2.39. The molecule has 1 saturated carbocycles. The zero-order valence-corrected chi connectivity index (χ0v) is 17.6. The van der Waals surface area contributed by atoms with Crippen LogP contribution in [0.15, 0.2) is 42.0 Å². The molecule has 2 atom stereocenters. The van der Waals surface area contributed by atoms with E-state index in [-0.39, 0.29) is 17.7 Å². The van der Waals surface area contributed by atoms with Crippen molar-refractivity contribution < 1.29 is 9.59 Å². The fraction of sp³-hybridized carbons (Fsp3) is 0.364. The SMILES string of the molecule is CC1CC1C(=O)Nc1ccc(C(=O)N2CCN(c3ncnc4sccc34)CC2)cc1. The number of amides is 2. The molecule has 0 bridgehead atoms. The van der Waals surface area contributed by atoms with Crippen LogP contribution in [0.3, 0.4) is 0 Å². The fourth-order valence-electron chi connectivity index (χ4n) is 3.95. The number of benzene rings is 1. The number of aromatic nitrogens is 2. The van der Waals surface area contributed by atoms with Gasteiger partial charge in [0.2, 0.25) is 5.91 Å². The summed E-state index contributed by atoms with van der Waals surface area (Å²) in [5.41, 5.74) is 1.38. The summed E-state index contributed by atoms with van der Waals surface area (Å²) in [7, 11) is 0. The van der Waals surface area contributed by atoms with Crippen molar-refractivity contribution in [1.82, 2.24) is 14.9 Å². The molecular weight excluding hydrogens is 398 g/mol. The predicted octanol–water partition coefficient (Wildman–Crippen LogP) is 3.25. The maximum atomic E-state index is 12.9. The zero-order chi connectivity index (χ0) is 20.7. The summed E-state index contributed by atoms with van der Waals surface area (Å²) in [6, 6.07) is 9.25. The molecule has 30 heavy (non-hydrogen) atoms. The minimum atomic E-state index is 0.0201. The van der Waals surface area contributed by atoms with Gasteiger partial charge in [0.1, 0.15) is 17.0 Å². The molecule has 7 nitrogen and oxygen atoms in total. The fourth-order valence-corrected chi connectivity index (χ4v) is 4.68. The van der Waals surface area contributed by atoms with Crippen LogP contribution >= 0.6 is 11.3 Å². The van der Waals surface area contributed by atoms with E-state index in [1.54, 1.807) is 29.8 Å². The van der Waals surface area contributed by atoms with Crippen LogP contribution in [0.5, 0.6) is 0 Å². The Morgan fingerprint density at radius 2 is 1.80 bits per heavy atom. The topological polar surface area (TPSA) is 78.4 Å². The molecule has 1 N–H and O–H groups in total. The quantitative estimate of drug-likeness (QED) is 0.700. The highest BCUT2D eigenvalue weighted by Crippen LogP contribution is 2.38. The lowest BCUT2D eigenvalue weighted by Gasteiger charge is -2.35. The summed E-state index contributed by atoms with van der Waals surface area (Å²) in [5.74, 6) is 1.64. The van der Waals surface area contributed by atoms with E-state index in [0.717, 1.165) is 41.2 Å². The van der Waals surface area contributed by atoms with Crippen LogP contribution in [0.4, 0.5) is 11.5 Å². The van der Waals surface area contributed by atoms with Gasteiger partial charge in [0, 0.05) is 43.3 Å². The average molecular weight is 422 g/mol. The van der Waals surface area contributed by atoms with Gasteiger partial charge in [-0.05, 0) is 48.1 Å². The number of fused-ring (bicyclic) bond motifs is 1. The van der Waals surface area contributed by atoms with Crippen molar-refractivity contribution in [3.8, 4) is 0 Å². The highest BCUT2D eigenvalue weighted by molar-refractivity contribution is 7.16. The van der Waals surface area contributed by atoms with E-state index in [0.29, 0.717) is 24.6 Å². The number of anilines is 2. The average Bonchev–Trinajstić information content (AvgIpc) is 3.31. The maximum Gasteiger partial charge on any atom is 0.253 e. The lowest BCUT2D eigenvalue weighted by atomic mass is 10.1. The molecule has 154 valence electrons. The molecular formula is C22H23N5O2S. The Morgan fingerprint density at radius 1 is 1.07 bits per heavy atom. The third-order valence-electron chi connectivity index (χ3n) is 5.95. The summed E-state index contributed by atoms with van der Waals surface area (Å²) < 4.78 is 0. The predicted molar refractivity (Wildman–Crippen MR) is 118 cm³/mol. The first-order valence-corrected chi connectivity index (χ1v) is 11.1. The Kier molecular flexibility index (Phi) is 4.86. The Labute approximate surface area is 178 Å². The molecule has 1 saturated heterocycles. The van der Waals surface area contributed by atoms with Gasteiger partial charge in [-0.15, -0.1) is 11.3 Å². The van der Waals surface area contributed by atoms with Gasteiger partial charge in [-0.2, -0.15) is 0 Å². The molecule has 2 amide bonds. The lowest BCUT2D eigenvalue weighted by Crippen LogP contribution is -2.49. The third kappa shape index (κ3) is 3.63. The summed E-state index contributed by atoms with van der Waals surface area (Å²) in [6.45, 7) is 4.85. The molecule has 2 aromatic heterocycles. The van der Waals surface area contributed by atoms with Crippen LogP contribution in [0.2, 0.25) is 0 Å². The van der Waals surface area contributed by atoms with E-state index in [1.165, 1.54) is 0 Å². The molecule has 5 rings (SSSR count). The number of nitrogens with one attached hydrogen (secondary N) is 1. The van der Waals surface area contributed by atoms with Gasteiger partial charge < -0.3 is 15.1 Å². The number of rotatable bonds is 4. The first-order valence-electron chi connectivity index (χ1n) is 10.2. The summed E-state index contributed by atoms with van der Waals surface area (Å²) in [5, 5.41) is 6.03. The largest absolute Gasteiger partial charge is 0.352 e. The summed E-state index contributed by atoms with van der Waals surface area (Å²) in [4.78, 5) is 38.8. The van der Waals surface area contributed by atoms with Gasteiger partial charge >= 0.3 is 0 Å².